The van der Waals surface area contributed by atoms with Crippen molar-refractivity contribution in [2.75, 3.05) is 0 Å². The molecular weight excluding hydrogens is 330 g/mol. The summed E-state index contributed by atoms with van der Waals surface area (Å²) in [5.41, 5.74) is 1.16. The van der Waals surface area contributed by atoms with Gasteiger partial charge in [0.15, 0.2) is 11.6 Å². The number of fused-ring (bicyclic) bond motifs is 1. The summed E-state index contributed by atoms with van der Waals surface area (Å²) in [6.45, 7) is 4.14. The van der Waals surface area contributed by atoms with Gasteiger partial charge in [-0.15, -0.1) is 0 Å². The Labute approximate surface area is 156 Å². The summed E-state index contributed by atoms with van der Waals surface area (Å²) in [7, 11) is 0. The molecule has 1 heterocycles. The molecular formula is C23H32F2O. The quantitative estimate of drug-likeness (QED) is 0.491. The highest BCUT2D eigenvalue weighted by Crippen LogP contribution is 2.36. The number of unbranched alkanes of at least 4 members (excludes halogenated alkanes) is 2. The van der Waals surface area contributed by atoms with Crippen molar-refractivity contribution in [3.8, 4) is 5.75 Å². The molecule has 3 rings (SSSR count). The Hall–Kier alpha value is -1.38. The maximum absolute atomic E-state index is 14.4. The van der Waals surface area contributed by atoms with Crippen molar-refractivity contribution in [2.24, 2.45) is 11.8 Å². The van der Waals surface area contributed by atoms with Gasteiger partial charge in [0.1, 0.15) is 0 Å². The topological polar surface area (TPSA) is 9.23 Å². The van der Waals surface area contributed by atoms with E-state index >= 15 is 0 Å². The van der Waals surface area contributed by atoms with Gasteiger partial charge in [0.05, 0.1) is 6.10 Å². The number of rotatable bonds is 6. The molecule has 1 unspecified atom stereocenters. The van der Waals surface area contributed by atoms with E-state index in [9.17, 15) is 8.78 Å². The maximum Gasteiger partial charge on any atom is 0.201 e. The van der Waals surface area contributed by atoms with Crippen LogP contribution in [-0.4, -0.2) is 6.10 Å². The first kappa shape index (κ1) is 19.4. The zero-order valence-corrected chi connectivity index (χ0v) is 16.2. The van der Waals surface area contributed by atoms with Gasteiger partial charge in [0, 0.05) is 5.56 Å². The van der Waals surface area contributed by atoms with E-state index in [1.165, 1.54) is 51.4 Å². The van der Waals surface area contributed by atoms with Crippen LogP contribution in [0.15, 0.2) is 12.1 Å². The van der Waals surface area contributed by atoms with Gasteiger partial charge < -0.3 is 4.74 Å². The Morgan fingerprint density at radius 2 is 1.85 bits per heavy atom. The second kappa shape index (κ2) is 9.01. The van der Waals surface area contributed by atoms with Crippen molar-refractivity contribution in [3.05, 3.63) is 34.9 Å². The molecule has 2 aliphatic rings. The van der Waals surface area contributed by atoms with Crippen LogP contribution in [0.2, 0.25) is 0 Å². The average Bonchev–Trinajstić information content (AvgIpc) is 2.65. The predicted octanol–water partition coefficient (Wildman–Crippen LogP) is 7.08. The average molecular weight is 363 g/mol. The van der Waals surface area contributed by atoms with E-state index in [0.29, 0.717) is 11.5 Å². The molecule has 0 radical (unpaired) electrons. The second-order valence-corrected chi connectivity index (χ2v) is 8.18. The van der Waals surface area contributed by atoms with Crippen LogP contribution in [0.3, 0.4) is 0 Å². The third-order valence-electron chi connectivity index (χ3n) is 6.06. The fourth-order valence-electron chi connectivity index (χ4n) is 4.33. The molecule has 0 bridgehead atoms. The number of benzene rings is 1. The molecule has 1 aromatic rings. The third kappa shape index (κ3) is 4.66. The number of allylic oxidation sites excluding steroid dienone is 1. The van der Waals surface area contributed by atoms with Crippen LogP contribution in [0.25, 0.3) is 6.08 Å². The molecule has 1 saturated carbocycles. The minimum atomic E-state index is -0.826. The monoisotopic (exact) mass is 362 g/mol. The standard InChI is InChI=1S/C23H32F2O/c1-3-4-5-6-17-8-10-18(11-9-17)12-14-19-15-20-13-7-16(2)26-23(20)22(25)21(19)24/h12,14-18H,3-11,13H2,1-2H3/b14-12+. The molecule has 1 aromatic carbocycles. The number of hydrogen-bond donors (Lipinski definition) is 0. The molecule has 1 aliphatic carbocycles. The van der Waals surface area contributed by atoms with Crippen LogP contribution in [0.1, 0.15) is 82.8 Å². The van der Waals surface area contributed by atoms with Crippen LogP contribution in [-0.2, 0) is 6.42 Å². The third-order valence-corrected chi connectivity index (χ3v) is 6.06. The molecule has 144 valence electrons. The SMILES string of the molecule is CCCCCC1CCC(/C=C/c2cc3c(c(F)c2F)OC(C)CC3)CC1. The first-order valence-corrected chi connectivity index (χ1v) is 10.4. The van der Waals surface area contributed by atoms with Crippen molar-refractivity contribution in [3.63, 3.8) is 0 Å². The van der Waals surface area contributed by atoms with Crippen LogP contribution in [0.5, 0.6) is 5.75 Å². The highest BCUT2D eigenvalue weighted by molar-refractivity contribution is 5.55. The Morgan fingerprint density at radius 3 is 2.58 bits per heavy atom. The summed E-state index contributed by atoms with van der Waals surface area (Å²) >= 11 is 0. The summed E-state index contributed by atoms with van der Waals surface area (Å²) in [5, 5.41) is 0. The van der Waals surface area contributed by atoms with E-state index in [0.717, 1.165) is 24.3 Å². The van der Waals surface area contributed by atoms with E-state index < -0.39 is 11.6 Å². The van der Waals surface area contributed by atoms with Gasteiger partial charge in [-0.1, -0.05) is 44.8 Å². The fraction of sp³-hybridized carbons (Fsp3) is 0.652. The lowest BCUT2D eigenvalue weighted by Crippen LogP contribution is -2.20. The van der Waals surface area contributed by atoms with Crippen LogP contribution >= 0.6 is 0 Å². The molecule has 3 heteroatoms. The van der Waals surface area contributed by atoms with Gasteiger partial charge in [-0.2, -0.15) is 4.39 Å². The summed E-state index contributed by atoms with van der Waals surface area (Å²) in [4.78, 5) is 0. The van der Waals surface area contributed by atoms with E-state index in [-0.39, 0.29) is 11.9 Å². The molecule has 1 atom stereocenters. The molecule has 26 heavy (non-hydrogen) atoms. The number of hydrogen-bond acceptors (Lipinski definition) is 1. The first-order valence-electron chi connectivity index (χ1n) is 10.4. The molecule has 1 nitrogen and oxygen atoms in total. The Kier molecular flexibility index (Phi) is 6.72. The van der Waals surface area contributed by atoms with Crippen molar-refractivity contribution in [2.45, 2.75) is 84.2 Å². The van der Waals surface area contributed by atoms with Gasteiger partial charge in [0.2, 0.25) is 5.82 Å². The predicted molar refractivity (Wildman–Crippen MR) is 103 cm³/mol. The Balaban J connectivity index is 1.60. The highest BCUT2D eigenvalue weighted by Gasteiger charge is 2.25. The minimum absolute atomic E-state index is 0.0506. The first-order chi connectivity index (χ1) is 12.6. The molecule has 0 saturated heterocycles. The largest absolute Gasteiger partial charge is 0.487 e. The number of halogens is 2. The van der Waals surface area contributed by atoms with Crippen LogP contribution in [0.4, 0.5) is 8.78 Å². The van der Waals surface area contributed by atoms with E-state index in [4.69, 9.17) is 4.74 Å². The van der Waals surface area contributed by atoms with Crippen molar-refractivity contribution < 1.29 is 13.5 Å². The van der Waals surface area contributed by atoms with E-state index in [1.54, 1.807) is 12.1 Å². The van der Waals surface area contributed by atoms with Gasteiger partial charge in [-0.3, -0.25) is 0 Å². The summed E-state index contributed by atoms with van der Waals surface area (Å²) in [6.07, 6.45) is 15.6. The minimum Gasteiger partial charge on any atom is -0.487 e. The molecule has 1 aliphatic heterocycles. The lowest BCUT2D eigenvalue weighted by atomic mass is 9.79. The number of aryl methyl sites for hydroxylation is 1. The smallest absolute Gasteiger partial charge is 0.201 e. The molecule has 0 aromatic heterocycles. The normalized spacial score (nSPS) is 25.9. The number of ether oxygens (including phenoxy) is 1. The van der Waals surface area contributed by atoms with Gasteiger partial charge in [-0.05, 0) is 68.9 Å². The van der Waals surface area contributed by atoms with Gasteiger partial charge in [0.25, 0.3) is 0 Å². The van der Waals surface area contributed by atoms with Crippen LogP contribution in [0, 0.1) is 23.5 Å². The molecule has 1 fully saturated rings. The summed E-state index contributed by atoms with van der Waals surface area (Å²) in [5.74, 6) is -0.128. The van der Waals surface area contributed by atoms with Gasteiger partial charge in [-0.25, -0.2) is 4.39 Å². The van der Waals surface area contributed by atoms with Gasteiger partial charge >= 0.3 is 0 Å². The molecule has 0 N–H and O–H groups in total. The van der Waals surface area contributed by atoms with E-state index in [1.807, 2.05) is 6.92 Å². The van der Waals surface area contributed by atoms with Crippen molar-refractivity contribution >= 4 is 6.08 Å². The fourth-order valence-corrected chi connectivity index (χ4v) is 4.33. The summed E-state index contributed by atoms with van der Waals surface area (Å²) in [6, 6.07) is 1.77. The maximum atomic E-state index is 14.4. The second-order valence-electron chi connectivity index (χ2n) is 8.18. The zero-order valence-electron chi connectivity index (χ0n) is 16.2. The molecule has 0 spiro atoms. The van der Waals surface area contributed by atoms with Crippen molar-refractivity contribution in [1.82, 2.24) is 0 Å². The van der Waals surface area contributed by atoms with Crippen molar-refractivity contribution in [1.29, 1.82) is 0 Å². The van der Waals surface area contributed by atoms with Crippen LogP contribution < -0.4 is 4.74 Å². The zero-order chi connectivity index (χ0) is 18.5. The lowest BCUT2D eigenvalue weighted by molar-refractivity contribution is 0.180. The Morgan fingerprint density at radius 1 is 1.08 bits per heavy atom. The van der Waals surface area contributed by atoms with E-state index in [2.05, 4.69) is 13.0 Å². The Bertz CT molecular complexity index is 630. The lowest BCUT2D eigenvalue weighted by Gasteiger charge is -2.27. The molecule has 0 amide bonds. The summed E-state index contributed by atoms with van der Waals surface area (Å²) < 4.78 is 34.3. The highest BCUT2D eigenvalue weighted by atomic mass is 19.2.